The molecule has 1 saturated heterocycles. The standard InChI is InChI=1S/C13H19NO/c1-3-7-12(8-4-2)11-13(15)14-9-5-6-10-14/h3-4,7-8H,1,5-6,9-11H2,2H3/b8-4-,12-7+. The van der Waals surface area contributed by atoms with Gasteiger partial charge in [0.1, 0.15) is 0 Å². The van der Waals surface area contributed by atoms with Gasteiger partial charge >= 0.3 is 0 Å². The van der Waals surface area contributed by atoms with Crippen LogP contribution in [0.1, 0.15) is 26.2 Å². The van der Waals surface area contributed by atoms with Gasteiger partial charge in [0.2, 0.25) is 5.91 Å². The topological polar surface area (TPSA) is 20.3 Å². The predicted octanol–water partition coefficient (Wildman–Crippen LogP) is 2.69. The van der Waals surface area contributed by atoms with Crippen LogP contribution < -0.4 is 0 Å². The number of nitrogens with zero attached hydrogens (tertiary/aromatic N) is 1. The van der Waals surface area contributed by atoms with Crippen LogP contribution in [0.2, 0.25) is 0 Å². The highest BCUT2D eigenvalue weighted by molar-refractivity contribution is 5.79. The molecule has 0 unspecified atom stereocenters. The van der Waals surface area contributed by atoms with E-state index >= 15 is 0 Å². The summed E-state index contributed by atoms with van der Waals surface area (Å²) < 4.78 is 0. The zero-order valence-corrected chi connectivity index (χ0v) is 9.41. The Morgan fingerprint density at radius 2 is 2.07 bits per heavy atom. The van der Waals surface area contributed by atoms with Crippen molar-refractivity contribution in [1.82, 2.24) is 4.90 Å². The third-order valence-electron chi connectivity index (χ3n) is 2.53. The van der Waals surface area contributed by atoms with Gasteiger partial charge in [-0.05, 0) is 25.3 Å². The van der Waals surface area contributed by atoms with Crippen molar-refractivity contribution in [3.8, 4) is 0 Å². The van der Waals surface area contributed by atoms with E-state index in [1.165, 1.54) is 0 Å². The van der Waals surface area contributed by atoms with Gasteiger partial charge in [0.25, 0.3) is 0 Å². The summed E-state index contributed by atoms with van der Waals surface area (Å²) in [5, 5.41) is 0. The molecule has 0 saturated carbocycles. The molecule has 0 aromatic heterocycles. The van der Waals surface area contributed by atoms with Crippen LogP contribution in [0.25, 0.3) is 0 Å². The first-order valence-electron chi connectivity index (χ1n) is 5.50. The molecule has 0 spiro atoms. The van der Waals surface area contributed by atoms with E-state index in [1.807, 2.05) is 30.1 Å². The molecule has 0 aromatic carbocycles. The van der Waals surface area contributed by atoms with Crippen molar-refractivity contribution in [3.63, 3.8) is 0 Å². The van der Waals surface area contributed by atoms with Gasteiger partial charge in [-0.3, -0.25) is 4.79 Å². The number of carbonyl (C=O) groups is 1. The Bertz CT molecular complexity index is 283. The Morgan fingerprint density at radius 3 is 2.60 bits per heavy atom. The molecule has 82 valence electrons. The minimum absolute atomic E-state index is 0.235. The lowest BCUT2D eigenvalue weighted by Gasteiger charge is -2.15. The van der Waals surface area contributed by atoms with E-state index < -0.39 is 0 Å². The van der Waals surface area contributed by atoms with Crippen molar-refractivity contribution < 1.29 is 4.79 Å². The van der Waals surface area contributed by atoms with Gasteiger partial charge in [0.05, 0.1) is 6.42 Å². The minimum atomic E-state index is 0.235. The van der Waals surface area contributed by atoms with Crippen LogP contribution in [-0.4, -0.2) is 23.9 Å². The zero-order chi connectivity index (χ0) is 11.1. The number of hydrogen-bond donors (Lipinski definition) is 0. The summed E-state index contributed by atoms with van der Waals surface area (Å²) in [6.45, 7) is 7.46. The summed E-state index contributed by atoms with van der Waals surface area (Å²) in [7, 11) is 0. The van der Waals surface area contributed by atoms with E-state index in [1.54, 1.807) is 6.08 Å². The lowest BCUT2D eigenvalue weighted by Crippen LogP contribution is -2.27. The van der Waals surface area contributed by atoms with Crippen molar-refractivity contribution >= 4 is 5.91 Å². The maximum absolute atomic E-state index is 11.8. The highest BCUT2D eigenvalue weighted by Crippen LogP contribution is 2.13. The van der Waals surface area contributed by atoms with Gasteiger partial charge < -0.3 is 4.90 Å². The average Bonchev–Trinajstić information content (AvgIpc) is 2.71. The van der Waals surface area contributed by atoms with Gasteiger partial charge in [-0.2, -0.15) is 0 Å². The summed E-state index contributed by atoms with van der Waals surface area (Å²) in [5.41, 5.74) is 1.03. The molecule has 1 fully saturated rings. The predicted molar refractivity (Wildman–Crippen MR) is 63.5 cm³/mol. The van der Waals surface area contributed by atoms with Crippen LogP contribution in [0.4, 0.5) is 0 Å². The number of likely N-dealkylation sites (tertiary alicyclic amines) is 1. The number of allylic oxidation sites excluding steroid dienone is 4. The van der Waals surface area contributed by atoms with E-state index in [0.717, 1.165) is 31.5 Å². The van der Waals surface area contributed by atoms with Crippen molar-refractivity contribution in [1.29, 1.82) is 0 Å². The van der Waals surface area contributed by atoms with Gasteiger partial charge in [0, 0.05) is 13.1 Å². The quantitative estimate of drug-likeness (QED) is 0.646. The molecule has 1 rings (SSSR count). The molecule has 0 bridgehead atoms. The lowest BCUT2D eigenvalue weighted by atomic mass is 10.1. The Balaban J connectivity index is 2.53. The van der Waals surface area contributed by atoms with Crippen molar-refractivity contribution in [3.05, 3.63) is 36.5 Å². The second-order valence-electron chi connectivity index (χ2n) is 3.74. The first-order valence-corrected chi connectivity index (χ1v) is 5.50. The number of rotatable bonds is 4. The molecule has 0 N–H and O–H groups in total. The maximum atomic E-state index is 11.8. The number of amides is 1. The van der Waals surface area contributed by atoms with Crippen molar-refractivity contribution in [2.75, 3.05) is 13.1 Å². The molecule has 2 heteroatoms. The number of hydrogen-bond acceptors (Lipinski definition) is 1. The van der Waals surface area contributed by atoms with Crippen LogP contribution in [0.3, 0.4) is 0 Å². The SMILES string of the molecule is C=C/C=C(\C=C/C)CC(=O)N1CCCC1. The average molecular weight is 205 g/mol. The second-order valence-corrected chi connectivity index (χ2v) is 3.74. The minimum Gasteiger partial charge on any atom is -0.342 e. The highest BCUT2D eigenvalue weighted by Gasteiger charge is 2.17. The molecular formula is C13H19NO. The van der Waals surface area contributed by atoms with E-state index in [0.29, 0.717) is 6.42 Å². The normalized spacial score (nSPS) is 17.4. The molecule has 1 aliphatic heterocycles. The van der Waals surface area contributed by atoms with Gasteiger partial charge in [0.15, 0.2) is 0 Å². The van der Waals surface area contributed by atoms with E-state index in [4.69, 9.17) is 0 Å². The van der Waals surface area contributed by atoms with Gasteiger partial charge in [-0.1, -0.05) is 30.9 Å². The molecule has 0 aliphatic carbocycles. The first kappa shape index (κ1) is 11.8. The molecule has 1 aliphatic rings. The molecule has 15 heavy (non-hydrogen) atoms. The summed E-state index contributed by atoms with van der Waals surface area (Å²) in [4.78, 5) is 13.8. The zero-order valence-electron chi connectivity index (χ0n) is 9.41. The van der Waals surface area contributed by atoms with Gasteiger partial charge in [-0.15, -0.1) is 0 Å². The largest absolute Gasteiger partial charge is 0.342 e. The molecule has 0 radical (unpaired) electrons. The fourth-order valence-electron chi connectivity index (χ4n) is 1.79. The number of carbonyl (C=O) groups excluding carboxylic acids is 1. The van der Waals surface area contributed by atoms with Crippen LogP contribution in [0.5, 0.6) is 0 Å². The van der Waals surface area contributed by atoms with Crippen LogP contribution in [0, 0.1) is 0 Å². The van der Waals surface area contributed by atoms with Crippen LogP contribution >= 0.6 is 0 Å². The van der Waals surface area contributed by atoms with Crippen LogP contribution in [0.15, 0.2) is 36.5 Å². The first-order chi connectivity index (χ1) is 7.27. The monoisotopic (exact) mass is 205 g/mol. The maximum Gasteiger partial charge on any atom is 0.226 e. The molecule has 1 heterocycles. The fraction of sp³-hybridized carbons (Fsp3) is 0.462. The molecule has 1 amide bonds. The molecule has 0 atom stereocenters. The third kappa shape index (κ3) is 3.74. The van der Waals surface area contributed by atoms with Gasteiger partial charge in [-0.25, -0.2) is 0 Å². The van der Waals surface area contributed by atoms with E-state index in [9.17, 15) is 4.79 Å². The molecule has 0 aromatic rings. The Morgan fingerprint density at radius 1 is 1.40 bits per heavy atom. The smallest absolute Gasteiger partial charge is 0.226 e. The molecular weight excluding hydrogens is 186 g/mol. The van der Waals surface area contributed by atoms with E-state index in [2.05, 4.69) is 6.58 Å². The Labute approximate surface area is 92.0 Å². The Kier molecular flexibility index (Phi) is 4.88. The summed E-state index contributed by atoms with van der Waals surface area (Å²) in [6.07, 6.45) is 10.3. The Hall–Kier alpha value is -1.31. The van der Waals surface area contributed by atoms with Crippen LogP contribution in [-0.2, 0) is 4.79 Å². The summed E-state index contributed by atoms with van der Waals surface area (Å²) >= 11 is 0. The fourth-order valence-corrected chi connectivity index (χ4v) is 1.79. The van der Waals surface area contributed by atoms with Crippen molar-refractivity contribution in [2.24, 2.45) is 0 Å². The third-order valence-corrected chi connectivity index (χ3v) is 2.53. The highest BCUT2D eigenvalue weighted by atomic mass is 16.2. The molecule has 2 nitrogen and oxygen atoms in total. The van der Waals surface area contributed by atoms with E-state index in [-0.39, 0.29) is 5.91 Å². The second kappa shape index (κ2) is 6.23. The summed E-state index contributed by atoms with van der Waals surface area (Å²) in [6, 6.07) is 0. The lowest BCUT2D eigenvalue weighted by molar-refractivity contribution is -0.129. The summed E-state index contributed by atoms with van der Waals surface area (Å²) in [5.74, 6) is 0.235. The van der Waals surface area contributed by atoms with Crippen molar-refractivity contribution in [2.45, 2.75) is 26.2 Å².